The third kappa shape index (κ3) is 2.97. The first kappa shape index (κ1) is 16.4. The summed E-state index contributed by atoms with van der Waals surface area (Å²) in [7, 11) is 0. The third-order valence-corrected chi connectivity index (χ3v) is 3.45. The quantitative estimate of drug-likeness (QED) is 0.939. The number of halogens is 1. The molecule has 0 saturated heterocycles. The maximum atomic E-state index is 14.4. The van der Waals surface area contributed by atoms with Gasteiger partial charge in [0.1, 0.15) is 6.61 Å². The topological polar surface area (TPSA) is 63.8 Å². The molecule has 2 heterocycles. The maximum absolute atomic E-state index is 14.4. The molecule has 0 unspecified atom stereocenters. The summed E-state index contributed by atoms with van der Waals surface area (Å²) in [6, 6.07) is 1.41. The molecule has 2 aromatic heterocycles. The van der Waals surface area contributed by atoms with Gasteiger partial charge in [-0.3, -0.25) is 9.20 Å². The van der Waals surface area contributed by atoms with E-state index in [9.17, 15) is 9.18 Å². The van der Waals surface area contributed by atoms with Crippen molar-refractivity contribution in [1.82, 2.24) is 9.38 Å². The Hall–Kier alpha value is -1.95. The van der Waals surface area contributed by atoms with Crippen LogP contribution >= 0.6 is 0 Å². The summed E-state index contributed by atoms with van der Waals surface area (Å²) in [5.74, 6) is -0.465. The largest absolute Gasteiger partial charge is 0.484 e. The Morgan fingerprint density at radius 3 is 2.64 bits per heavy atom. The summed E-state index contributed by atoms with van der Waals surface area (Å²) >= 11 is 0. The molecule has 2 aromatic rings. The molecule has 0 aliphatic carbocycles. The number of aliphatic hydroxyl groups is 1. The SMILES string of the molecule is CCc1nc2c(F)cc(C(C)(C)C)cn2c(=O)c1OCCO. The zero-order chi connectivity index (χ0) is 16.5. The molecule has 0 spiro atoms. The third-order valence-electron chi connectivity index (χ3n) is 3.45. The molecular formula is C16H21FN2O3. The van der Waals surface area contributed by atoms with Gasteiger partial charge in [-0.15, -0.1) is 0 Å². The van der Waals surface area contributed by atoms with Gasteiger partial charge in [0.25, 0.3) is 0 Å². The van der Waals surface area contributed by atoms with E-state index in [0.29, 0.717) is 17.7 Å². The fourth-order valence-electron chi connectivity index (χ4n) is 2.17. The average molecular weight is 308 g/mol. The van der Waals surface area contributed by atoms with Gasteiger partial charge in [-0.25, -0.2) is 9.37 Å². The Balaban J connectivity index is 2.77. The average Bonchev–Trinajstić information content (AvgIpc) is 2.45. The van der Waals surface area contributed by atoms with Crippen LogP contribution in [0, 0.1) is 5.82 Å². The van der Waals surface area contributed by atoms with Crippen LogP contribution in [0.3, 0.4) is 0 Å². The number of hydrogen-bond donors (Lipinski definition) is 1. The van der Waals surface area contributed by atoms with Crippen molar-refractivity contribution in [1.29, 1.82) is 0 Å². The lowest BCUT2D eigenvalue weighted by Crippen LogP contribution is -2.24. The summed E-state index contributed by atoms with van der Waals surface area (Å²) in [4.78, 5) is 16.8. The first-order valence-corrected chi connectivity index (χ1v) is 7.28. The Morgan fingerprint density at radius 2 is 2.09 bits per heavy atom. The van der Waals surface area contributed by atoms with E-state index >= 15 is 0 Å². The monoisotopic (exact) mass is 308 g/mol. The molecule has 2 rings (SSSR count). The van der Waals surface area contributed by atoms with E-state index in [0.717, 1.165) is 0 Å². The zero-order valence-corrected chi connectivity index (χ0v) is 13.3. The van der Waals surface area contributed by atoms with Crippen LogP contribution in [-0.4, -0.2) is 27.7 Å². The standard InChI is InChI=1S/C16H21FN2O3/c1-5-12-13(22-7-6-20)15(21)19-9-10(16(2,3)4)8-11(17)14(19)18-12/h8-9,20H,5-7H2,1-4H3. The molecule has 0 bridgehead atoms. The van der Waals surface area contributed by atoms with E-state index < -0.39 is 11.4 Å². The molecule has 0 aromatic carbocycles. The van der Waals surface area contributed by atoms with E-state index in [1.165, 1.54) is 10.5 Å². The Labute approximate surface area is 128 Å². The number of hydrogen-bond acceptors (Lipinski definition) is 4. The molecule has 1 N–H and O–H groups in total. The van der Waals surface area contributed by atoms with Crippen molar-refractivity contribution in [2.75, 3.05) is 13.2 Å². The second kappa shape index (κ2) is 6.04. The van der Waals surface area contributed by atoms with Crippen molar-refractivity contribution in [3.05, 3.63) is 39.7 Å². The molecular weight excluding hydrogens is 287 g/mol. The van der Waals surface area contributed by atoms with Crippen molar-refractivity contribution >= 4 is 5.65 Å². The molecule has 5 nitrogen and oxygen atoms in total. The minimum atomic E-state index is -0.534. The van der Waals surface area contributed by atoms with Crippen molar-refractivity contribution in [2.24, 2.45) is 0 Å². The van der Waals surface area contributed by atoms with Crippen LogP contribution in [0.15, 0.2) is 17.1 Å². The minimum Gasteiger partial charge on any atom is -0.484 e. The highest BCUT2D eigenvalue weighted by Gasteiger charge is 2.20. The molecule has 0 fully saturated rings. The Morgan fingerprint density at radius 1 is 1.41 bits per heavy atom. The van der Waals surface area contributed by atoms with Gasteiger partial charge in [0.2, 0.25) is 5.75 Å². The first-order chi connectivity index (χ1) is 10.3. The number of aliphatic hydroxyl groups excluding tert-OH is 1. The number of rotatable bonds is 4. The summed E-state index contributed by atoms with van der Waals surface area (Å²) in [5, 5.41) is 8.88. The Bertz CT molecular complexity index is 748. The predicted octanol–water partition coefficient (Wildman–Crippen LogP) is 2.06. The number of nitrogens with zero attached hydrogens (tertiary/aromatic N) is 2. The lowest BCUT2D eigenvalue weighted by molar-refractivity contribution is 0.198. The van der Waals surface area contributed by atoms with Crippen molar-refractivity contribution < 1.29 is 14.2 Å². The van der Waals surface area contributed by atoms with Crippen molar-refractivity contribution in [2.45, 2.75) is 39.5 Å². The summed E-state index contributed by atoms with van der Waals surface area (Å²) in [5.41, 5.74) is 0.315. The van der Waals surface area contributed by atoms with E-state index in [4.69, 9.17) is 9.84 Å². The molecule has 0 aliphatic rings. The smallest absolute Gasteiger partial charge is 0.300 e. The Kier molecular flexibility index (Phi) is 4.51. The van der Waals surface area contributed by atoms with Crippen molar-refractivity contribution in [3.8, 4) is 5.75 Å². The molecule has 0 atom stereocenters. The van der Waals surface area contributed by atoms with Crippen LogP contribution in [0.2, 0.25) is 0 Å². The zero-order valence-electron chi connectivity index (χ0n) is 13.3. The highest BCUT2D eigenvalue weighted by Crippen LogP contribution is 2.24. The molecule has 0 saturated carbocycles. The first-order valence-electron chi connectivity index (χ1n) is 7.28. The fourth-order valence-corrected chi connectivity index (χ4v) is 2.17. The molecule has 0 radical (unpaired) electrons. The minimum absolute atomic E-state index is 0.00255. The van der Waals surface area contributed by atoms with Crippen LogP contribution in [-0.2, 0) is 11.8 Å². The van der Waals surface area contributed by atoms with Crippen molar-refractivity contribution in [3.63, 3.8) is 0 Å². The number of fused-ring (bicyclic) bond motifs is 1. The van der Waals surface area contributed by atoms with Crippen LogP contribution < -0.4 is 10.3 Å². The maximum Gasteiger partial charge on any atom is 0.300 e. The van der Waals surface area contributed by atoms with Gasteiger partial charge in [0.15, 0.2) is 11.5 Å². The van der Waals surface area contributed by atoms with Gasteiger partial charge < -0.3 is 9.84 Å². The van der Waals surface area contributed by atoms with Gasteiger partial charge in [-0.2, -0.15) is 0 Å². The molecule has 0 aliphatic heterocycles. The fraction of sp³-hybridized carbons (Fsp3) is 0.500. The normalized spacial score (nSPS) is 11.9. The van der Waals surface area contributed by atoms with Gasteiger partial charge in [0.05, 0.1) is 12.3 Å². The molecule has 0 amide bonds. The van der Waals surface area contributed by atoms with E-state index in [1.54, 1.807) is 6.20 Å². The van der Waals surface area contributed by atoms with Gasteiger partial charge >= 0.3 is 5.56 Å². The van der Waals surface area contributed by atoms with Crippen LogP contribution in [0.1, 0.15) is 39.0 Å². The van der Waals surface area contributed by atoms with E-state index in [2.05, 4.69) is 4.98 Å². The van der Waals surface area contributed by atoms with Gasteiger partial charge in [0, 0.05) is 6.20 Å². The lowest BCUT2D eigenvalue weighted by Gasteiger charge is -2.20. The van der Waals surface area contributed by atoms with E-state index in [-0.39, 0.29) is 30.0 Å². The number of aromatic nitrogens is 2. The number of ether oxygens (including phenoxy) is 1. The van der Waals surface area contributed by atoms with Gasteiger partial charge in [-0.05, 0) is 23.5 Å². The van der Waals surface area contributed by atoms with Crippen LogP contribution in [0.25, 0.3) is 5.65 Å². The highest BCUT2D eigenvalue weighted by atomic mass is 19.1. The predicted molar refractivity (Wildman–Crippen MR) is 82.1 cm³/mol. The summed E-state index contributed by atoms with van der Waals surface area (Å²) in [6.45, 7) is 7.42. The lowest BCUT2D eigenvalue weighted by atomic mass is 9.88. The highest BCUT2D eigenvalue weighted by molar-refractivity contribution is 5.46. The van der Waals surface area contributed by atoms with E-state index in [1.807, 2.05) is 27.7 Å². The summed E-state index contributed by atoms with van der Waals surface area (Å²) in [6.07, 6.45) is 2.03. The second-order valence-electron chi connectivity index (χ2n) is 6.14. The summed E-state index contributed by atoms with van der Waals surface area (Å²) < 4.78 is 20.8. The van der Waals surface area contributed by atoms with Crippen LogP contribution in [0.4, 0.5) is 4.39 Å². The second-order valence-corrected chi connectivity index (χ2v) is 6.14. The van der Waals surface area contributed by atoms with Gasteiger partial charge in [-0.1, -0.05) is 27.7 Å². The van der Waals surface area contributed by atoms with Crippen LogP contribution in [0.5, 0.6) is 5.75 Å². The number of pyridine rings is 1. The molecule has 6 heteroatoms. The molecule has 22 heavy (non-hydrogen) atoms. The molecule has 120 valence electrons. The number of aryl methyl sites for hydroxylation is 1.